The number of fused-ring (bicyclic) bond motifs is 1. The van der Waals surface area contributed by atoms with Gasteiger partial charge in [-0.15, -0.1) is 0 Å². The van der Waals surface area contributed by atoms with E-state index in [1.165, 1.54) is 29.2 Å². The van der Waals surface area contributed by atoms with Gasteiger partial charge in [0.15, 0.2) is 0 Å². The molecule has 0 amide bonds. The molecule has 2 nitrogen and oxygen atoms in total. The van der Waals surface area contributed by atoms with Crippen molar-refractivity contribution in [1.82, 2.24) is 4.90 Å². The number of likely N-dealkylation sites (tertiary alicyclic amines) is 1. The van der Waals surface area contributed by atoms with E-state index in [0.29, 0.717) is 0 Å². The molecule has 0 radical (unpaired) electrons. The molecule has 1 atom stereocenters. The van der Waals surface area contributed by atoms with Crippen molar-refractivity contribution >= 4 is 17.1 Å². The highest BCUT2D eigenvalue weighted by Crippen LogP contribution is 2.23. The summed E-state index contributed by atoms with van der Waals surface area (Å²) >= 11 is 0. The lowest BCUT2D eigenvalue weighted by Crippen LogP contribution is -2.39. The van der Waals surface area contributed by atoms with Crippen molar-refractivity contribution in [3.8, 4) is 0 Å². The molecule has 0 spiro atoms. The number of nitrogens with zero attached hydrogens (tertiary/aromatic N) is 1. The number of benzene rings is 2. The van der Waals surface area contributed by atoms with Gasteiger partial charge in [0.1, 0.15) is 6.29 Å². The van der Waals surface area contributed by atoms with Crippen molar-refractivity contribution in [2.75, 3.05) is 6.54 Å². The lowest BCUT2D eigenvalue weighted by atomic mass is 10.00. The molecule has 19 heavy (non-hydrogen) atoms. The second-order valence-corrected chi connectivity index (χ2v) is 5.31. The maximum atomic E-state index is 11.2. The van der Waals surface area contributed by atoms with Crippen LogP contribution in [0.15, 0.2) is 42.5 Å². The predicted molar refractivity (Wildman–Crippen MR) is 78.1 cm³/mol. The average molecular weight is 253 g/mol. The van der Waals surface area contributed by atoms with Gasteiger partial charge in [0.2, 0.25) is 0 Å². The quantitative estimate of drug-likeness (QED) is 0.781. The van der Waals surface area contributed by atoms with E-state index in [4.69, 9.17) is 0 Å². The number of hydrogen-bond acceptors (Lipinski definition) is 2. The van der Waals surface area contributed by atoms with Gasteiger partial charge in [-0.2, -0.15) is 0 Å². The van der Waals surface area contributed by atoms with E-state index in [9.17, 15) is 4.79 Å². The maximum Gasteiger partial charge on any atom is 0.137 e. The summed E-state index contributed by atoms with van der Waals surface area (Å²) in [4.78, 5) is 13.5. The minimum absolute atomic E-state index is 0.104. The Morgan fingerprint density at radius 1 is 1.11 bits per heavy atom. The molecule has 0 saturated carbocycles. The smallest absolute Gasteiger partial charge is 0.137 e. The van der Waals surface area contributed by atoms with E-state index in [-0.39, 0.29) is 6.04 Å². The van der Waals surface area contributed by atoms with E-state index in [2.05, 4.69) is 47.4 Å². The molecular formula is C17H19NO. The van der Waals surface area contributed by atoms with Crippen molar-refractivity contribution in [3.05, 3.63) is 48.0 Å². The van der Waals surface area contributed by atoms with Crippen molar-refractivity contribution in [3.63, 3.8) is 0 Å². The molecule has 1 saturated heterocycles. The van der Waals surface area contributed by atoms with Gasteiger partial charge in [-0.25, -0.2) is 0 Å². The molecule has 1 aliphatic rings. The third-order valence-corrected chi connectivity index (χ3v) is 4.07. The first-order chi connectivity index (χ1) is 9.38. The number of hydrogen-bond donors (Lipinski definition) is 0. The Morgan fingerprint density at radius 3 is 2.84 bits per heavy atom. The molecule has 2 aromatic carbocycles. The van der Waals surface area contributed by atoms with Crippen LogP contribution in [0.2, 0.25) is 0 Å². The van der Waals surface area contributed by atoms with Gasteiger partial charge >= 0.3 is 0 Å². The molecule has 2 aromatic rings. The van der Waals surface area contributed by atoms with E-state index < -0.39 is 0 Å². The van der Waals surface area contributed by atoms with Gasteiger partial charge in [-0.3, -0.25) is 4.90 Å². The second kappa shape index (κ2) is 5.54. The molecule has 3 rings (SSSR count). The highest BCUT2D eigenvalue weighted by Gasteiger charge is 2.21. The molecule has 0 aliphatic carbocycles. The fourth-order valence-electron chi connectivity index (χ4n) is 3.02. The Morgan fingerprint density at radius 2 is 1.95 bits per heavy atom. The summed E-state index contributed by atoms with van der Waals surface area (Å²) in [5, 5.41) is 2.58. The number of piperidine rings is 1. The second-order valence-electron chi connectivity index (χ2n) is 5.31. The molecular weight excluding hydrogens is 234 g/mol. The number of rotatable bonds is 3. The molecule has 1 heterocycles. The largest absolute Gasteiger partial charge is 0.302 e. The Labute approximate surface area is 114 Å². The Kier molecular flexibility index (Phi) is 3.60. The minimum Gasteiger partial charge on any atom is -0.302 e. The molecule has 0 N–H and O–H groups in total. The van der Waals surface area contributed by atoms with Crippen LogP contribution in [0.1, 0.15) is 24.8 Å². The van der Waals surface area contributed by atoms with Gasteiger partial charge in [0.05, 0.1) is 6.04 Å². The molecule has 98 valence electrons. The van der Waals surface area contributed by atoms with Gasteiger partial charge in [0.25, 0.3) is 0 Å². The summed E-state index contributed by atoms with van der Waals surface area (Å²) in [6, 6.07) is 15.0. The topological polar surface area (TPSA) is 20.3 Å². The molecule has 1 unspecified atom stereocenters. The monoisotopic (exact) mass is 253 g/mol. The standard InChI is InChI=1S/C17H19NO/c19-13-16-9-3-4-11-18(16)12-15-8-5-7-14-6-1-2-10-17(14)15/h1-2,5-8,10,13,16H,3-4,9,11-12H2. The van der Waals surface area contributed by atoms with Crippen LogP contribution in [0.25, 0.3) is 10.8 Å². The predicted octanol–water partition coefficient (Wildman–Crippen LogP) is 3.39. The van der Waals surface area contributed by atoms with Crippen LogP contribution in [-0.4, -0.2) is 23.8 Å². The fourth-order valence-corrected chi connectivity index (χ4v) is 3.02. The fraction of sp³-hybridized carbons (Fsp3) is 0.353. The van der Waals surface area contributed by atoms with E-state index in [1.807, 2.05) is 0 Å². The van der Waals surface area contributed by atoms with Crippen LogP contribution in [0.5, 0.6) is 0 Å². The average Bonchev–Trinajstić information content (AvgIpc) is 2.48. The first kappa shape index (κ1) is 12.4. The normalized spacial score (nSPS) is 20.5. The first-order valence-corrected chi connectivity index (χ1v) is 7.04. The van der Waals surface area contributed by atoms with Crippen LogP contribution in [0.4, 0.5) is 0 Å². The Hall–Kier alpha value is -1.67. The summed E-state index contributed by atoms with van der Waals surface area (Å²) < 4.78 is 0. The SMILES string of the molecule is O=CC1CCCCN1Cc1cccc2ccccc12. The summed E-state index contributed by atoms with van der Waals surface area (Å²) in [7, 11) is 0. The summed E-state index contributed by atoms with van der Waals surface area (Å²) in [5.41, 5.74) is 1.33. The van der Waals surface area contributed by atoms with Gasteiger partial charge in [0, 0.05) is 6.54 Å². The van der Waals surface area contributed by atoms with Crippen LogP contribution in [-0.2, 0) is 11.3 Å². The van der Waals surface area contributed by atoms with Crippen molar-refractivity contribution in [2.45, 2.75) is 31.8 Å². The maximum absolute atomic E-state index is 11.2. The third kappa shape index (κ3) is 2.54. The first-order valence-electron chi connectivity index (χ1n) is 7.04. The molecule has 1 aliphatic heterocycles. The Balaban J connectivity index is 1.90. The van der Waals surface area contributed by atoms with E-state index in [1.54, 1.807) is 0 Å². The minimum atomic E-state index is 0.104. The van der Waals surface area contributed by atoms with E-state index >= 15 is 0 Å². The number of carbonyl (C=O) groups is 1. The van der Waals surface area contributed by atoms with Crippen LogP contribution >= 0.6 is 0 Å². The van der Waals surface area contributed by atoms with Gasteiger partial charge in [-0.1, -0.05) is 48.9 Å². The summed E-state index contributed by atoms with van der Waals surface area (Å²) in [5.74, 6) is 0. The molecule has 0 aromatic heterocycles. The zero-order chi connectivity index (χ0) is 13.1. The molecule has 2 heteroatoms. The van der Waals surface area contributed by atoms with Crippen molar-refractivity contribution in [2.24, 2.45) is 0 Å². The molecule has 1 fully saturated rings. The zero-order valence-corrected chi connectivity index (χ0v) is 11.1. The summed E-state index contributed by atoms with van der Waals surface area (Å²) in [6.07, 6.45) is 4.50. The number of aldehydes is 1. The highest BCUT2D eigenvalue weighted by atomic mass is 16.1. The summed E-state index contributed by atoms with van der Waals surface area (Å²) in [6.45, 7) is 1.91. The lowest BCUT2D eigenvalue weighted by Gasteiger charge is -2.32. The Bertz CT molecular complexity index is 573. The highest BCUT2D eigenvalue weighted by molar-refractivity contribution is 5.85. The van der Waals surface area contributed by atoms with E-state index in [0.717, 1.165) is 25.8 Å². The number of carbonyl (C=O) groups excluding carboxylic acids is 1. The van der Waals surface area contributed by atoms with Crippen LogP contribution < -0.4 is 0 Å². The van der Waals surface area contributed by atoms with Gasteiger partial charge < -0.3 is 4.79 Å². The molecule has 0 bridgehead atoms. The van der Waals surface area contributed by atoms with Crippen molar-refractivity contribution in [1.29, 1.82) is 0 Å². The van der Waals surface area contributed by atoms with Crippen LogP contribution in [0.3, 0.4) is 0 Å². The van der Waals surface area contributed by atoms with Gasteiger partial charge in [-0.05, 0) is 35.7 Å². The van der Waals surface area contributed by atoms with Crippen molar-refractivity contribution < 1.29 is 4.79 Å². The van der Waals surface area contributed by atoms with Crippen LogP contribution in [0, 0.1) is 0 Å². The zero-order valence-electron chi connectivity index (χ0n) is 11.1. The lowest BCUT2D eigenvalue weighted by molar-refractivity contribution is -0.113. The third-order valence-electron chi connectivity index (χ3n) is 4.07.